The minimum absolute atomic E-state index is 0.0955. The van der Waals surface area contributed by atoms with Crippen LogP contribution in [0.3, 0.4) is 0 Å². The molecule has 2 rings (SSSR count). The molecule has 0 aromatic heterocycles. The molecule has 0 amide bonds. The van der Waals surface area contributed by atoms with Crippen molar-refractivity contribution in [3.63, 3.8) is 0 Å². The first-order valence-electron chi connectivity index (χ1n) is 6.38. The van der Waals surface area contributed by atoms with Gasteiger partial charge in [0.1, 0.15) is 0 Å². The Morgan fingerprint density at radius 2 is 2.00 bits per heavy atom. The van der Waals surface area contributed by atoms with Crippen LogP contribution in [0.1, 0.15) is 50.6 Å². The summed E-state index contributed by atoms with van der Waals surface area (Å²) >= 11 is 5.65. The minimum Gasteiger partial charge on any atom is -0.324 e. The average Bonchev–Trinajstić information content (AvgIpc) is 2.30. The third kappa shape index (κ3) is 3.73. The van der Waals surface area contributed by atoms with E-state index in [4.69, 9.17) is 5.73 Å². The lowest BCUT2D eigenvalue weighted by atomic mass is 10.0. The van der Waals surface area contributed by atoms with E-state index in [1.165, 1.54) is 42.6 Å². The minimum atomic E-state index is 0.0955. The summed E-state index contributed by atoms with van der Waals surface area (Å²) in [5.74, 6) is 0. The lowest BCUT2D eigenvalue weighted by Gasteiger charge is -2.21. The summed E-state index contributed by atoms with van der Waals surface area (Å²) in [4.78, 5) is 1.37. The molecular weight excluding hydrogens is 294 g/mol. The van der Waals surface area contributed by atoms with Crippen LogP contribution in [0, 0.1) is 0 Å². The summed E-state index contributed by atoms with van der Waals surface area (Å²) in [5, 5.41) is 0.816. The summed E-state index contributed by atoms with van der Waals surface area (Å²) in [7, 11) is 0. The summed E-state index contributed by atoms with van der Waals surface area (Å²) in [6.07, 6.45) is 6.96. The SMILES string of the molecule is C[C@H](N)c1ccc(SC2CCCCC2)cc1Br. The molecule has 3 heteroatoms. The number of rotatable bonds is 3. The van der Waals surface area contributed by atoms with Crippen LogP contribution in [0.2, 0.25) is 0 Å². The molecule has 94 valence electrons. The average molecular weight is 314 g/mol. The fraction of sp³-hybridized carbons (Fsp3) is 0.571. The molecule has 1 nitrogen and oxygen atoms in total. The van der Waals surface area contributed by atoms with Crippen molar-refractivity contribution in [1.82, 2.24) is 0 Å². The van der Waals surface area contributed by atoms with E-state index >= 15 is 0 Å². The highest BCUT2D eigenvalue weighted by atomic mass is 79.9. The van der Waals surface area contributed by atoms with Crippen LogP contribution >= 0.6 is 27.7 Å². The second-order valence-corrected chi connectivity index (χ2v) is 7.08. The van der Waals surface area contributed by atoms with Crippen molar-refractivity contribution in [1.29, 1.82) is 0 Å². The van der Waals surface area contributed by atoms with E-state index in [2.05, 4.69) is 34.1 Å². The Balaban J connectivity index is 2.04. The number of hydrogen-bond acceptors (Lipinski definition) is 2. The maximum absolute atomic E-state index is 5.91. The van der Waals surface area contributed by atoms with Crippen LogP contribution in [-0.2, 0) is 0 Å². The van der Waals surface area contributed by atoms with Crippen molar-refractivity contribution in [2.24, 2.45) is 5.73 Å². The summed E-state index contributed by atoms with van der Waals surface area (Å²) in [5.41, 5.74) is 7.10. The highest BCUT2D eigenvalue weighted by molar-refractivity contribution is 9.10. The predicted octanol–water partition coefficient (Wildman–Crippen LogP) is 4.89. The zero-order valence-corrected chi connectivity index (χ0v) is 12.7. The molecule has 1 aromatic rings. The molecule has 0 spiro atoms. The van der Waals surface area contributed by atoms with Gasteiger partial charge >= 0.3 is 0 Å². The van der Waals surface area contributed by atoms with Crippen molar-refractivity contribution in [2.75, 3.05) is 0 Å². The molecule has 1 saturated carbocycles. The van der Waals surface area contributed by atoms with E-state index in [1.54, 1.807) is 0 Å². The molecule has 0 saturated heterocycles. The van der Waals surface area contributed by atoms with Crippen molar-refractivity contribution in [3.8, 4) is 0 Å². The highest BCUT2D eigenvalue weighted by Gasteiger charge is 2.15. The maximum atomic E-state index is 5.91. The number of benzene rings is 1. The zero-order valence-electron chi connectivity index (χ0n) is 10.3. The standard InChI is InChI=1S/C14H20BrNS/c1-10(16)13-8-7-12(9-14(13)15)17-11-5-3-2-4-6-11/h7-11H,2-6,16H2,1H3/t10-/m0/s1. The first-order chi connectivity index (χ1) is 8.16. The highest BCUT2D eigenvalue weighted by Crippen LogP contribution is 2.35. The van der Waals surface area contributed by atoms with E-state index in [9.17, 15) is 0 Å². The molecule has 1 atom stereocenters. The van der Waals surface area contributed by atoms with Gasteiger partial charge in [0, 0.05) is 20.7 Å². The van der Waals surface area contributed by atoms with Crippen LogP contribution in [0.4, 0.5) is 0 Å². The molecule has 1 aliphatic rings. The van der Waals surface area contributed by atoms with Gasteiger partial charge in [0.15, 0.2) is 0 Å². The molecule has 2 N–H and O–H groups in total. The molecule has 0 radical (unpaired) electrons. The Morgan fingerprint density at radius 1 is 1.29 bits per heavy atom. The van der Waals surface area contributed by atoms with Gasteiger partial charge in [0.2, 0.25) is 0 Å². The molecule has 1 aliphatic carbocycles. The van der Waals surface area contributed by atoms with Crippen LogP contribution in [0.5, 0.6) is 0 Å². The van der Waals surface area contributed by atoms with Gasteiger partial charge in [-0.1, -0.05) is 41.3 Å². The number of halogens is 1. The molecule has 0 bridgehead atoms. The van der Waals surface area contributed by atoms with E-state index in [0.717, 1.165) is 9.72 Å². The quantitative estimate of drug-likeness (QED) is 0.859. The third-order valence-electron chi connectivity index (χ3n) is 3.32. The molecule has 1 fully saturated rings. The third-order valence-corrected chi connectivity index (χ3v) is 5.34. The summed E-state index contributed by atoms with van der Waals surface area (Å²) in [6, 6.07) is 6.68. The van der Waals surface area contributed by atoms with Crippen molar-refractivity contribution in [3.05, 3.63) is 28.2 Å². The fourth-order valence-electron chi connectivity index (χ4n) is 2.33. The lowest BCUT2D eigenvalue weighted by molar-refractivity contribution is 0.516. The van der Waals surface area contributed by atoms with Gasteiger partial charge in [-0.05, 0) is 37.5 Å². The van der Waals surface area contributed by atoms with Crippen molar-refractivity contribution in [2.45, 2.75) is 55.2 Å². The Bertz CT molecular complexity index is 372. The van der Waals surface area contributed by atoms with Crippen LogP contribution in [0.25, 0.3) is 0 Å². The molecular formula is C14H20BrNS. The van der Waals surface area contributed by atoms with E-state index in [0.29, 0.717) is 0 Å². The molecule has 0 aliphatic heterocycles. The van der Waals surface area contributed by atoms with Gasteiger partial charge in [-0.2, -0.15) is 0 Å². The maximum Gasteiger partial charge on any atom is 0.0277 e. The van der Waals surface area contributed by atoms with E-state index < -0.39 is 0 Å². The number of thioether (sulfide) groups is 1. The zero-order chi connectivity index (χ0) is 12.3. The van der Waals surface area contributed by atoms with Gasteiger partial charge in [-0.3, -0.25) is 0 Å². The van der Waals surface area contributed by atoms with Gasteiger partial charge in [0.05, 0.1) is 0 Å². The fourth-order valence-corrected chi connectivity index (χ4v) is 4.50. The Morgan fingerprint density at radius 3 is 2.59 bits per heavy atom. The molecule has 0 heterocycles. The van der Waals surface area contributed by atoms with Gasteiger partial charge < -0.3 is 5.73 Å². The van der Waals surface area contributed by atoms with Crippen LogP contribution < -0.4 is 5.73 Å². The van der Waals surface area contributed by atoms with E-state index in [1.807, 2.05) is 18.7 Å². The van der Waals surface area contributed by atoms with Gasteiger partial charge in [-0.15, -0.1) is 11.8 Å². The van der Waals surface area contributed by atoms with E-state index in [-0.39, 0.29) is 6.04 Å². The first-order valence-corrected chi connectivity index (χ1v) is 8.06. The normalized spacial score (nSPS) is 19.2. The second-order valence-electron chi connectivity index (χ2n) is 4.85. The predicted molar refractivity (Wildman–Crippen MR) is 79.5 cm³/mol. The smallest absolute Gasteiger partial charge is 0.0277 e. The molecule has 1 aromatic carbocycles. The first kappa shape index (κ1) is 13.4. The van der Waals surface area contributed by atoms with Crippen LogP contribution in [-0.4, -0.2) is 5.25 Å². The summed E-state index contributed by atoms with van der Waals surface area (Å²) in [6.45, 7) is 2.02. The second kappa shape index (κ2) is 6.26. The molecule has 0 unspecified atom stereocenters. The lowest BCUT2D eigenvalue weighted by Crippen LogP contribution is -2.08. The Labute approximate surface area is 117 Å². The topological polar surface area (TPSA) is 26.0 Å². The Kier molecular flexibility index (Phi) is 4.95. The van der Waals surface area contributed by atoms with Crippen molar-refractivity contribution >= 4 is 27.7 Å². The largest absolute Gasteiger partial charge is 0.324 e. The van der Waals surface area contributed by atoms with Crippen molar-refractivity contribution < 1.29 is 0 Å². The number of hydrogen-bond donors (Lipinski definition) is 1. The summed E-state index contributed by atoms with van der Waals surface area (Å²) < 4.78 is 1.15. The number of nitrogens with two attached hydrogens (primary N) is 1. The van der Waals surface area contributed by atoms with Gasteiger partial charge in [-0.25, -0.2) is 0 Å². The monoisotopic (exact) mass is 313 g/mol. The Hall–Kier alpha value is 0.01000. The van der Waals surface area contributed by atoms with Crippen LogP contribution in [0.15, 0.2) is 27.6 Å². The molecule has 17 heavy (non-hydrogen) atoms. The van der Waals surface area contributed by atoms with Gasteiger partial charge in [0.25, 0.3) is 0 Å².